The maximum atomic E-state index is 12.3. The van der Waals surface area contributed by atoms with E-state index in [-0.39, 0.29) is 23.2 Å². The predicted octanol–water partition coefficient (Wildman–Crippen LogP) is 0.933. The van der Waals surface area contributed by atoms with Crippen molar-refractivity contribution in [3.05, 3.63) is 29.4 Å². The van der Waals surface area contributed by atoms with Gasteiger partial charge in [-0.1, -0.05) is 5.16 Å². The minimum atomic E-state index is -2.99. The molecule has 3 heterocycles. The summed E-state index contributed by atoms with van der Waals surface area (Å²) in [4.78, 5) is 20.6. The van der Waals surface area contributed by atoms with E-state index in [9.17, 15) is 13.2 Å². The second-order valence-electron chi connectivity index (χ2n) is 5.71. The third-order valence-corrected chi connectivity index (χ3v) is 5.29. The molecule has 1 unspecified atom stereocenters. The van der Waals surface area contributed by atoms with Gasteiger partial charge in [-0.3, -0.25) is 4.79 Å². The molecule has 1 saturated heterocycles. The number of hydrogen-bond donors (Lipinski definition) is 2. The molecular weight excluding hydrogens is 334 g/mol. The maximum absolute atomic E-state index is 12.3. The Morgan fingerprint density at radius 1 is 1.25 bits per heavy atom. The smallest absolute Gasteiger partial charge is 0.275 e. The molecule has 0 spiro atoms. The van der Waals surface area contributed by atoms with Crippen LogP contribution in [0.1, 0.15) is 28.5 Å². The molecule has 2 N–H and O–H groups in total. The molecule has 1 amide bonds. The Morgan fingerprint density at radius 3 is 2.67 bits per heavy atom. The van der Waals surface area contributed by atoms with E-state index in [2.05, 4.69) is 25.8 Å². The first-order chi connectivity index (χ1) is 11.3. The summed E-state index contributed by atoms with van der Waals surface area (Å²) in [5.41, 5.74) is 0.159. The van der Waals surface area contributed by atoms with E-state index in [0.717, 1.165) is 0 Å². The standard InChI is InChI=1S/C14H17N5O4S/c1-8-5-13(19-23-8)18-14(20)11-6-12(16-9(2)15-11)17-10-3-4-24(21,22)7-10/h5-6,10H,3-4,7H2,1-2H3,(H,15,16,17)(H,18,19,20). The summed E-state index contributed by atoms with van der Waals surface area (Å²) in [5.74, 6) is 1.48. The number of nitrogens with one attached hydrogen (secondary N) is 2. The second-order valence-corrected chi connectivity index (χ2v) is 7.94. The van der Waals surface area contributed by atoms with Crippen LogP contribution in [-0.2, 0) is 9.84 Å². The maximum Gasteiger partial charge on any atom is 0.275 e. The van der Waals surface area contributed by atoms with Crippen molar-refractivity contribution < 1.29 is 17.7 Å². The van der Waals surface area contributed by atoms with Crippen LogP contribution in [0.3, 0.4) is 0 Å². The lowest BCUT2D eigenvalue weighted by Gasteiger charge is -2.12. The molecule has 3 rings (SSSR count). The summed E-state index contributed by atoms with van der Waals surface area (Å²) >= 11 is 0. The van der Waals surface area contributed by atoms with Gasteiger partial charge in [-0.25, -0.2) is 18.4 Å². The molecule has 128 valence electrons. The first-order valence-electron chi connectivity index (χ1n) is 7.38. The van der Waals surface area contributed by atoms with Crippen LogP contribution >= 0.6 is 0 Å². The minimum Gasteiger partial charge on any atom is -0.366 e. The van der Waals surface area contributed by atoms with E-state index in [1.807, 2.05) is 0 Å². The number of aromatic nitrogens is 3. The van der Waals surface area contributed by atoms with Crippen molar-refractivity contribution in [3.63, 3.8) is 0 Å². The van der Waals surface area contributed by atoms with E-state index >= 15 is 0 Å². The van der Waals surface area contributed by atoms with E-state index in [1.54, 1.807) is 19.9 Å². The van der Waals surface area contributed by atoms with Crippen molar-refractivity contribution in [2.75, 3.05) is 22.1 Å². The van der Waals surface area contributed by atoms with Crippen LogP contribution in [0.2, 0.25) is 0 Å². The van der Waals surface area contributed by atoms with Crippen molar-refractivity contribution in [2.45, 2.75) is 26.3 Å². The quantitative estimate of drug-likeness (QED) is 0.833. The lowest BCUT2D eigenvalue weighted by molar-refractivity contribution is 0.102. The summed E-state index contributed by atoms with van der Waals surface area (Å²) in [6.07, 6.45) is 0.519. The Balaban J connectivity index is 1.74. The molecule has 0 radical (unpaired) electrons. The fraction of sp³-hybridized carbons (Fsp3) is 0.429. The molecule has 1 aliphatic rings. The zero-order valence-corrected chi connectivity index (χ0v) is 14.1. The van der Waals surface area contributed by atoms with Crippen molar-refractivity contribution in [1.82, 2.24) is 15.1 Å². The molecule has 24 heavy (non-hydrogen) atoms. The molecule has 10 heteroatoms. The monoisotopic (exact) mass is 351 g/mol. The number of amides is 1. The number of aryl methyl sites for hydroxylation is 2. The average molecular weight is 351 g/mol. The lowest BCUT2D eigenvalue weighted by atomic mass is 10.2. The molecule has 0 bridgehead atoms. The molecule has 0 saturated carbocycles. The fourth-order valence-electron chi connectivity index (χ4n) is 2.48. The van der Waals surface area contributed by atoms with Gasteiger partial charge in [0.1, 0.15) is 23.1 Å². The molecule has 2 aromatic heterocycles. The molecule has 1 aliphatic heterocycles. The molecule has 1 fully saturated rings. The van der Waals surface area contributed by atoms with E-state index in [0.29, 0.717) is 29.6 Å². The highest BCUT2D eigenvalue weighted by Gasteiger charge is 2.28. The van der Waals surface area contributed by atoms with E-state index in [4.69, 9.17) is 4.52 Å². The molecular formula is C14H17N5O4S. The van der Waals surface area contributed by atoms with Gasteiger partial charge >= 0.3 is 0 Å². The average Bonchev–Trinajstić information content (AvgIpc) is 3.03. The highest BCUT2D eigenvalue weighted by molar-refractivity contribution is 7.91. The Bertz CT molecular complexity index is 877. The van der Waals surface area contributed by atoms with Crippen LogP contribution in [0.5, 0.6) is 0 Å². The van der Waals surface area contributed by atoms with Gasteiger partial charge in [-0.2, -0.15) is 0 Å². The Morgan fingerprint density at radius 2 is 2.04 bits per heavy atom. The van der Waals surface area contributed by atoms with Gasteiger partial charge in [0.2, 0.25) is 0 Å². The number of rotatable bonds is 4. The fourth-order valence-corrected chi connectivity index (χ4v) is 4.15. The van der Waals surface area contributed by atoms with Gasteiger partial charge in [0.15, 0.2) is 15.7 Å². The van der Waals surface area contributed by atoms with Crippen molar-refractivity contribution in [3.8, 4) is 0 Å². The zero-order chi connectivity index (χ0) is 17.3. The highest BCUT2D eigenvalue weighted by Crippen LogP contribution is 2.17. The molecule has 9 nitrogen and oxygen atoms in total. The minimum absolute atomic E-state index is 0.0653. The third-order valence-electron chi connectivity index (χ3n) is 3.52. The van der Waals surface area contributed by atoms with Gasteiger partial charge in [0, 0.05) is 18.2 Å². The summed E-state index contributed by atoms with van der Waals surface area (Å²) in [7, 11) is -2.99. The van der Waals surface area contributed by atoms with Crippen molar-refractivity contribution in [2.24, 2.45) is 0 Å². The van der Waals surface area contributed by atoms with Crippen LogP contribution in [0.15, 0.2) is 16.7 Å². The predicted molar refractivity (Wildman–Crippen MR) is 86.6 cm³/mol. The summed E-state index contributed by atoms with van der Waals surface area (Å²) in [6.45, 7) is 3.38. The summed E-state index contributed by atoms with van der Waals surface area (Å²) in [6, 6.07) is 2.87. The second kappa shape index (κ2) is 6.19. The Kier molecular flexibility index (Phi) is 4.22. The lowest BCUT2D eigenvalue weighted by Crippen LogP contribution is -2.22. The van der Waals surface area contributed by atoms with Gasteiger partial charge in [-0.15, -0.1) is 0 Å². The van der Waals surface area contributed by atoms with Crippen LogP contribution in [0, 0.1) is 13.8 Å². The van der Waals surface area contributed by atoms with Crippen LogP contribution in [0.4, 0.5) is 11.6 Å². The number of anilines is 2. The molecule has 2 aromatic rings. The Labute approximate surface area is 138 Å². The number of hydrogen-bond acceptors (Lipinski definition) is 8. The first kappa shape index (κ1) is 16.4. The zero-order valence-electron chi connectivity index (χ0n) is 13.2. The van der Waals surface area contributed by atoms with Crippen LogP contribution in [0.25, 0.3) is 0 Å². The van der Waals surface area contributed by atoms with Crippen LogP contribution in [-0.4, -0.2) is 47.0 Å². The van der Waals surface area contributed by atoms with Crippen molar-refractivity contribution in [1.29, 1.82) is 0 Å². The SMILES string of the molecule is Cc1nc(NC2CCS(=O)(=O)C2)cc(C(=O)Nc2cc(C)on2)n1. The molecule has 1 atom stereocenters. The number of carbonyl (C=O) groups is 1. The number of sulfone groups is 1. The van der Waals surface area contributed by atoms with Crippen LogP contribution < -0.4 is 10.6 Å². The summed E-state index contributed by atoms with van der Waals surface area (Å²) < 4.78 is 27.9. The van der Waals surface area contributed by atoms with Crippen molar-refractivity contribution >= 4 is 27.4 Å². The third kappa shape index (κ3) is 3.88. The van der Waals surface area contributed by atoms with E-state index < -0.39 is 15.7 Å². The summed E-state index contributed by atoms with van der Waals surface area (Å²) in [5, 5.41) is 9.33. The highest BCUT2D eigenvalue weighted by atomic mass is 32.2. The topological polar surface area (TPSA) is 127 Å². The Hall–Kier alpha value is -2.49. The molecule has 0 aromatic carbocycles. The first-order valence-corrected chi connectivity index (χ1v) is 9.20. The van der Waals surface area contributed by atoms with Gasteiger partial charge in [0.25, 0.3) is 5.91 Å². The van der Waals surface area contributed by atoms with Gasteiger partial charge in [0.05, 0.1) is 11.5 Å². The largest absolute Gasteiger partial charge is 0.366 e. The number of nitrogens with zero attached hydrogens (tertiary/aromatic N) is 3. The van der Waals surface area contributed by atoms with E-state index in [1.165, 1.54) is 6.07 Å². The van der Waals surface area contributed by atoms with Gasteiger partial charge in [-0.05, 0) is 20.3 Å². The van der Waals surface area contributed by atoms with Gasteiger partial charge < -0.3 is 15.2 Å². The molecule has 0 aliphatic carbocycles. The normalized spacial score (nSPS) is 19.2. The number of carbonyl (C=O) groups excluding carboxylic acids is 1.